The summed E-state index contributed by atoms with van der Waals surface area (Å²) < 4.78 is 38.0. The SMILES string of the molecule is COc1cc(C=O)ccc1O[C@H]1O[C@H](COC(C)=O)[C@H](OC(C)=O)[C@H](OC(C)=O)[C@H]1OC(C)=O. The molecule has 1 fully saturated rings. The van der Waals surface area contributed by atoms with E-state index in [9.17, 15) is 24.0 Å². The number of carbonyl (C=O) groups excluding carboxylic acids is 5. The lowest BCUT2D eigenvalue weighted by molar-refractivity contribution is -0.288. The van der Waals surface area contributed by atoms with Crippen LogP contribution in [0.15, 0.2) is 18.2 Å². The Morgan fingerprint density at radius 1 is 0.853 bits per heavy atom. The van der Waals surface area contributed by atoms with Crippen LogP contribution in [0.25, 0.3) is 0 Å². The molecule has 0 aromatic heterocycles. The minimum Gasteiger partial charge on any atom is -0.493 e. The maximum Gasteiger partial charge on any atom is 0.303 e. The van der Waals surface area contributed by atoms with E-state index in [-0.39, 0.29) is 18.1 Å². The Balaban J connectivity index is 2.51. The maximum atomic E-state index is 11.9. The van der Waals surface area contributed by atoms with Gasteiger partial charge in [0.1, 0.15) is 19.0 Å². The third-order valence-electron chi connectivity index (χ3n) is 4.52. The molecule has 0 amide bonds. The van der Waals surface area contributed by atoms with Crippen LogP contribution in [0, 0.1) is 0 Å². The van der Waals surface area contributed by atoms with Crippen molar-refractivity contribution in [2.24, 2.45) is 0 Å². The van der Waals surface area contributed by atoms with Crippen molar-refractivity contribution in [1.29, 1.82) is 0 Å². The Hall–Kier alpha value is -3.67. The molecule has 2 rings (SSSR count). The van der Waals surface area contributed by atoms with E-state index in [1.165, 1.54) is 32.2 Å². The molecule has 0 aliphatic carbocycles. The summed E-state index contributed by atoms with van der Waals surface area (Å²) in [5, 5.41) is 0. The van der Waals surface area contributed by atoms with E-state index in [4.69, 9.17) is 33.2 Å². The molecule has 5 atom stereocenters. The van der Waals surface area contributed by atoms with Crippen LogP contribution in [0.5, 0.6) is 11.5 Å². The van der Waals surface area contributed by atoms with Crippen LogP contribution >= 0.6 is 0 Å². The minimum absolute atomic E-state index is 0.106. The van der Waals surface area contributed by atoms with Gasteiger partial charge >= 0.3 is 23.9 Å². The third kappa shape index (κ3) is 7.17. The summed E-state index contributed by atoms with van der Waals surface area (Å²) in [4.78, 5) is 57.9. The molecule has 1 aromatic carbocycles. The van der Waals surface area contributed by atoms with Gasteiger partial charge in [0.2, 0.25) is 12.4 Å². The molecular weight excluding hydrogens is 456 g/mol. The summed E-state index contributed by atoms with van der Waals surface area (Å²) in [5.74, 6) is -2.64. The molecule has 0 spiro atoms. The quantitative estimate of drug-likeness (QED) is 0.280. The normalized spacial score (nSPS) is 23.7. The standard InChI is InChI=1S/C22H26O12/c1-11(24)29-10-18-19(30-12(2)25)20(31-13(3)26)21(32-14(4)27)22(34-18)33-16-7-6-15(9-23)8-17(16)28-5/h6-9,18-22H,10H2,1-5H3/t18-,19+,20+,21-,22+/m1/s1. The highest BCUT2D eigenvalue weighted by atomic mass is 16.7. The molecular formula is C22H26O12. The van der Waals surface area contributed by atoms with E-state index in [0.29, 0.717) is 11.8 Å². The van der Waals surface area contributed by atoms with Crippen LogP contribution in [-0.4, -0.2) is 74.6 Å². The zero-order chi connectivity index (χ0) is 25.4. The van der Waals surface area contributed by atoms with Gasteiger partial charge in [-0.2, -0.15) is 0 Å². The van der Waals surface area contributed by atoms with E-state index < -0.39 is 54.6 Å². The first kappa shape index (κ1) is 26.6. The predicted molar refractivity (Wildman–Crippen MR) is 111 cm³/mol. The molecule has 0 unspecified atom stereocenters. The van der Waals surface area contributed by atoms with Gasteiger partial charge in [0.25, 0.3) is 0 Å². The van der Waals surface area contributed by atoms with Gasteiger partial charge in [-0.3, -0.25) is 24.0 Å². The van der Waals surface area contributed by atoms with Gasteiger partial charge < -0.3 is 33.2 Å². The Kier molecular flexibility index (Phi) is 9.36. The number of hydrogen-bond acceptors (Lipinski definition) is 12. The van der Waals surface area contributed by atoms with Crippen molar-refractivity contribution in [2.75, 3.05) is 13.7 Å². The Bertz CT molecular complexity index is 926. The first-order valence-electron chi connectivity index (χ1n) is 10.2. The second kappa shape index (κ2) is 12.0. The van der Waals surface area contributed by atoms with Crippen molar-refractivity contribution in [3.8, 4) is 11.5 Å². The molecule has 0 saturated carbocycles. The average molecular weight is 482 g/mol. The average Bonchev–Trinajstić information content (AvgIpc) is 2.75. The van der Waals surface area contributed by atoms with Crippen molar-refractivity contribution in [1.82, 2.24) is 0 Å². The molecule has 186 valence electrons. The van der Waals surface area contributed by atoms with Gasteiger partial charge in [0, 0.05) is 33.3 Å². The molecule has 1 saturated heterocycles. The zero-order valence-corrected chi connectivity index (χ0v) is 19.3. The number of aldehydes is 1. The number of esters is 4. The van der Waals surface area contributed by atoms with Crippen molar-refractivity contribution in [3.63, 3.8) is 0 Å². The Morgan fingerprint density at radius 2 is 1.44 bits per heavy atom. The number of hydrogen-bond donors (Lipinski definition) is 0. The van der Waals surface area contributed by atoms with Gasteiger partial charge in [-0.05, 0) is 18.2 Å². The van der Waals surface area contributed by atoms with Crippen molar-refractivity contribution >= 4 is 30.2 Å². The van der Waals surface area contributed by atoms with E-state index in [1.54, 1.807) is 0 Å². The minimum atomic E-state index is -1.42. The topological polar surface area (TPSA) is 150 Å². The van der Waals surface area contributed by atoms with Gasteiger partial charge in [0.05, 0.1) is 7.11 Å². The highest BCUT2D eigenvalue weighted by molar-refractivity contribution is 5.76. The van der Waals surface area contributed by atoms with Crippen LogP contribution < -0.4 is 9.47 Å². The van der Waals surface area contributed by atoms with Crippen LogP contribution in [0.2, 0.25) is 0 Å². The molecule has 0 radical (unpaired) electrons. The van der Waals surface area contributed by atoms with Gasteiger partial charge in [-0.25, -0.2) is 0 Å². The summed E-state index contributed by atoms with van der Waals surface area (Å²) in [6.07, 6.45) is -6.03. The second-order valence-electron chi connectivity index (χ2n) is 7.21. The molecule has 1 aliphatic rings. The Morgan fingerprint density at radius 3 is 1.97 bits per heavy atom. The lowest BCUT2D eigenvalue weighted by atomic mass is 9.98. The fraction of sp³-hybridized carbons (Fsp3) is 0.500. The van der Waals surface area contributed by atoms with Crippen molar-refractivity contribution in [2.45, 2.75) is 58.4 Å². The van der Waals surface area contributed by atoms with Gasteiger partial charge in [-0.15, -0.1) is 0 Å². The molecule has 0 bridgehead atoms. The molecule has 0 N–H and O–H groups in total. The molecule has 1 heterocycles. The number of methoxy groups -OCH3 is 1. The third-order valence-corrected chi connectivity index (χ3v) is 4.52. The summed E-state index contributed by atoms with van der Waals surface area (Å²) >= 11 is 0. The zero-order valence-electron chi connectivity index (χ0n) is 19.3. The highest BCUT2D eigenvalue weighted by Gasteiger charge is 2.53. The van der Waals surface area contributed by atoms with Crippen LogP contribution in [0.1, 0.15) is 38.1 Å². The first-order chi connectivity index (χ1) is 16.0. The van der Waals surface area contributed by atoms with E-state index in [1.807, 2.05) is 0 Å². The second-order valence-corrected chi connectivity index (χ2v) is 7.21. The van der Waals surface area contributed by atoms with Crippen molar-refractivity contribution in [3.05, 3.63) is 23.8 Å². The van der Waals surface area contributed by atoms with Crippen molar-refractivity contribution < 1.29 is 57.1 Å². The summed E-state index contributed by atoms with van der Waals surface area (Å²) in [6, 6.07) is 4.29. The van der Waals surface area contributed by atoms with Gasteiger partial charge in [-0.1, -0.05) is 0 Å². The lowest BCUT2D eigenvalue weighted by Gasteiger charge is -2.44. The molecule has 34 heavy (non-hydrogen) atoms. The molecule has 1 aromatic rings. The van der Waals surface area contributed by atoms with E-state index in [0.717, 1.165) is 20.8 Å². The fourth-order valence-electron chi connectivity index (χ4n) is 3.26. The number of rotatable bonds is 9. The summed E-state index contributed by atoms with van der Waals surface area (Å²) in [7, 11) is 1.35. The van der Waals surface area contributed by atoms with Crippen LogP contribution in [0.4, 0.5) is 0 Å². The predicted octanol–water partition coefficient (Wildman–Crippen LogP) is 0.970. The smallest absolute Gasteiger partial charge is 0.303 e. The summed E-state index contributed by atoms with van der Waals surface area (Å²) in [5.41, 5.74) is 0.311. The largest absolute Gasteiger partial charge is 0.493 e. The molecule has 1 aliphatic heterocycles. The van der Waals surface area contributed by atoms with Gasteiger partial charge in [0.15, 0.2) is 23.7 Å². The molecule has 12 nitrogen and oxygen atoms in total. The van der Waals surface area contributed by atoms with E-state index >= 15 is 0 Å². The monoisotopic (exact) mass is 482 g/mol. The number of ether oxygens (including phenoxy) is 7. The fourth-order valence-corrected chi connectivity index (χ4v) is 3.26. The highest BCUT2D eigenvalue weighted by Crippen LogP contribution is 2.34. The first-order valence-corrected chi connectivity index (χ1v) is 10.2. The lowest BCUT2D eigenvalue weighted by Crippen LogP contribution is -2.63. The number of benzene rings is 1. The maximum absolute atomic E-state index is 11.9. The number of carbonyl (C=O) groups is 5. The van der Waals surface area contributed by atoms with E-state index in [2.05, 4.69) is 0 Å². The summed E-state index contributed by atoms with van der Waals surface area (Å²) in [6.45, 7) is 4.13. The van der Waals surface area contributed by atoms with Crippen LogP contribution in [-0.2, 0) is 42.9 Å². The molecule has 12 heteroatoms. The van der Waals surface area contributed by atoms with Crippen LogP contribution in [0.3, 0.4) is 0 Å². The Labute approximate surface area is 195 Å².